The summed E-state index contributed by atoms with van der Waals surface area (Å²) in [7, 11) is 0. The number of alkyl halides is 3. The Hall–Kier alpha value is -2.08. The van der Waals surface area contributed by atoms with E-state index in [0.29, 0.717) is 21.5 Å². The van der Waals surface area contributed by atoms with Gasteiger partial charge in [-0.25, -0.2) is 4.98 Å². The minimum atomic E-state index is -4.62. The van der Waals surface area contributed by atoms with Crippen molar-refractivity contribution in [1.82, 2.24) is 10.3 Å². The lowest BCUT2D eigenvalue weighted by molar-refractivity contribution is -0.355. The van der Waals surface area contributed by atoms with Crippen LogP contribution in [0.3, 0.4) is 0 Å². The number of aromatic nitrogens is 1. The fourth-order valence-electron chi connectivity index (χ4n) is 5.71. The summed E-state index contributed by atoms with van der Waals surface area (Å²) in [5.41, 5.74) is 1.07. The molecular formula is C23H22ClF3N2O5S. The second-order valence-corrected chi connectivity index (χ2v) is 11.3. The van der Waals surface area contributed by atoms with Crippen molar-refractivity contribution >= 4 is 28.8 Å². The second-order valence-electron chi connectivity index (χ2n) is 10.0. The molecule has 1 aromatic heterocycles. The molecule has 4 saturated carbocycles. The van der Waals surface area contributed by atoms with Crippen LogP contribution in [-0.4, -0.2) is 46.2 Å². The number of nitrogens with zero attached hydrogens (tertiary/aromatic N) is 1. The minimum absolute atomic E-state index is 0.108. The molecule has 35 heavy (non-hydrogen) atoms. The average molecular weight is 531 g/mol. The highest BCUT2D eigenvalue weighted by Crippen LogP contribution is 2.68. The Morgan fingerprint density at radius 2 is 1.97 bits per heavy atom. The third-order valence-corrected chi connectivity index (χ3v) is 8.36. The predicted molar refractivity (Wildman–Crippen MR) is 119 cm³/mol. The molecule has 0 unspecified atom stereocenters. The number of fused-ring (bicyclic) bond motifs is 1. The lowest BCUT2D eigenvalue weighted by Gasteiger charge is -2.70. The number of amides is 1. The van der Waals surface area contributed by atoms with Crippen LogP contribution in [0.2, 0.25) is 5.02 Å². The van der Waals surface area contributed by atoms with Gasteiger partial charge in [0.1, 0.15) is 11.9 Å². The van der Waals surface area contributed by atoms with Gasteiger partial charge in [-0.2, -0.15) is 0 Å². The van der Waals surface area contributed by atoms with Crippen LogP contribution in [0.15, 0.2) is 23.6 Å². The summed E-state index contributed by atoms with van der Waals surface area (Å²) in [6.45, 7) is 0. The van der Waals surface area contributed by atoms with Crippen molar-refractivity contribution in [1.29, 1.82) is 0 Å². The zero-order chi connectivity index (χ0) is 24.6. The molecule has 1 aliphatic heterocycles. The number of benzene rings is 1. The minimum Gasteiger partial charge on any atom is -0.480 e. The zero-order valence-electron chi connectivity index (χ0n) is 18.3. The fraction of sp³-hybridized carbons (Fsp3) is 0.565. The first-order valence-corrected chi connectivity index (χ1v) is 12.6. The highest BCUT2D eigenvalue weighted by Gasteiger charge is 2.70. The van der Waals surface area contributed by atoms with Gasteiger partial charge in [-0.05, 0) is 37.5 Å². The Bertz CT molecular complexity index is 1150. The fourth-order valence-corrected chi connectivity index (χ4v) is 6.75. The van der Waals surface area contributed by atoms with E-state index < -0.39 is 24.7 Å². The van der Waals surface area contributed by atoms with Gasteiger partial charge in [0.15, 0.2) is 6.10 Å². The van der Waals surface area contributed by atoms with Crippen LogP contribution in [0.5, 0.6) is 10.9 Å². The molecule has 2 aromatic rings. The van der Waals surface area contributed by atoms with Crippen LogP contribution >= 0.6 is 22.9 Å². The molecule has 1 amide bonds. The molecular weight excluding hydrogens is 509 g/mol. The quantitative estimate of drug-likeness (QED) is 0.575. The number of thiazole rings is 1. The number of halogens is 4. The Kier molecular flexibility index (Phi) is 5.30. The number of aliphatic hydroxyl groups is 1. The Labute approximate surface area is 207 Å². The number of ether oxygens (including phenoxy) is 3. The zero-order valence-corrected chi connectivity index (χ0v) is 19.9. The highest BCUT2D eigenvalue weighted by atomic mass is 35.5. The number of rotatable bonds is 6. The Morgan fingerprint density at radius 1 is 1.23 bits per heavy atom. The van der Waals surface area contributed by atoms with Gasteiger partial charge in [0, 0.05) is 46.2 Å². The van der Waals surface area contributed by atoms with Gasteiger partial charge in [0.05, 0.1) is 17.9 Å². The molecule has 2 bridgehead atoms. The lowest BCUT2D eigenvalue weighted by atomic mass is 9.38. The van der Waals surface area contributed by atoms with Crippen molar-refractivity contribution in [3.8, 4) is 10.9 Å². The van der Waals surface area contributed by atoms with Crippen molar-refractivity contribution < 1.29 is 37.3 Å². The van der Waals surface area contributed by atoms with Gasteiger partial charge in [-0.1, -0.05) is 22.9 Å². The number of hydrogen-bond donors (Lipinski definition) is 2. The Balaban J connectivity index is 1.00. The Morgan fingerprint density at radius 3 is 2.69 bits per heavy atom. The first-order chi connectivity index (χ1) is 16.5. The topological polar surface area (TPSA) is 89.9 Å². The van der Waals surface area contributed by atoms with Gasteiger partial charge in [0.2, 0.25) is 0 Å². The third kappa shape index (κ3) is 4.26. The summed E-state index contributed by atoms with van der Waals surface area (Å²) in [4.78, 5) is 17.4. The van der Waals surface area contributed by atoms with Crippen LogP contribution < -0.4 is 14.8 Å². The predicted octanol–water partition coefficient (Wildman–Crippen LogP) is 4.42. The summed E-state index contributed by atoms with van der Waals surface area (Å²) in [5, 5.41) is 16.4. The first-order valence-electron chi connectivity index (χ1n) is 11.3. The molecule has 2 heterocycles. The maximum Gasteiger partial charge on any atom is 0.522 e. The van der Waals surface area contributed by atoms with Crippen molar-refractivity contribution in [2.75, 3.05) is 0 Å². The molecule has 7 rings (SSSR count). The van der Waals surface area contributed by atoms with E-state index in [1.54, 1.807) is 18.2 Å². The molecule has 1 aromatic carbocycles. The molecule has 4 aliphatic carbocycles. The van der Waals surface area contributed by atoms with Crippen molar-refractivity contribution in [2.45, 2.75) is 80.3 Å². The molecule has 0 saturated heterocycles. The summed E-state index contributed by atoms with van der Waals surface area (Å²) < 4.78 is 52.3. The molecule has 7 nitrogen and oxygen atoms in total. The van der Waals surface area contributed by atoms with E-state index in [9.17, 15) is 23.1 Å². The first kappa shape index (κ1) is 23.3. The van der Waals surface area contributed by atoms with Gasteiger partial charge in [-0.15, -0.1) is 13.2 Å². The lowest BCUT2D eigenvalue weighted by Crippen LogP contribution is -2.77. The number of hydrogen-bond acceptors (Lipinski definition) is 7. The number of carbonyl (C=O) groups excluding carboxylic acids is 1. The van der Waals surface area contributed by atoms with Crippen LogP contribution in [0.1, 0.15) is 55.9 Å². The van der Waals surface area contributed by atoms with E-state index in [2.05, 4.69) is 15.0 Å². The monoisotopic (exact) mass is 530 g/mol. The molecule has 2 atom stereocenters. The number of nitrogens with one attached hydrogen (secondary N) is 1. The highest BCUT2D eigenvalue weighted by molar-refractivity contribution is 7.11. The molecule has 0 spiro atoms. The maximum absolute atomic E-state index is 12.9. The second kappa shape index (κ2) is 7.96. The SMILES string of the molecule is O=C(NC12CC(c3csc(OC4CC(OC(F)(F)F)C4)n3)(C1)C2)[C@H]1C[C@@H](O)c2cc(Cl)ccc2O1. The summed E-state index contributed by atoms with van der Waals surface area (Å²) in [6.07, 6.45) is -4.64. The normalized spacial score (nSPS) is 35.0. The van der Waals surface area contributed by atoms with Gasteiger partial charge < -0.3 is 19.9 Å². The van der Waals surface area contributed by atoms with Crippen molar-refractivity contribution in [2.24, 2.45) is 0 Å². The smallest absolute Gasteiger partial charge is 0.480 e. The van der Waals surface area contributed by atoms with Crippen LogP contribution in [0.4, 0.5) is 13.2 Å². The molecule has 0 radical (unpaired) electrons. The van der Waals surface area contributed by atoms with Gasteiger partial charge >= 0.3 is 6.36 Å². The average Bonchev–Trinajstić information content (AvgIpc) is 3.15. The van der Waals surface area contributed by atoms with E-state index in [0.717, 1.165) is 25.0 Å². The molecule has 4 fully saturated rings. The van der Waals surface area contributed by atoms with E-state index in [1.807, 2.05) is 5.38 Å². The van der Waals surface area contributed by atoms with E-state index >= 15 is 0 Å². The van der Waals surface area contributed by atoms with Gasteiger partial charge in [-0.3, -0.25) is 9.53 Å². The van der Waals surface area contributed by atoms with Crippen LogP contribution in [0.25, 0.3) is 0 Å². The summed E-state index contributed by atoms with van der Waals surface area (Å²) >= 11 is 7.32. The molecule has 5 aliphatic rings. The van der Waals surface area contributed by atoms with E-state index in [4.69, 9.17) is 21.1 Å². The number of aliphatic hydroxyl groups excluding tert-OH is 1. The summed E-state index contributed by atoms with van der Waals surface area (Å²) in [5.74, 6) is 0.209. The molecule has 12 heteroatoms. The van der Waals surface area contributed by atoms with Crippen LogP contribution in [0, 0.1) is 0 Å². The maximum atomic E-state index is 12.9. The summed E-state index contributed by atoms with van der Waals surface area (Å²) in [6, 6.07) is 4.96. The van der Waals surface area contributed by atoms with Crippen molar-refractivity contribution in [3.05, 3.63) is 39.9 Å². The molecule has 2 N–H and O–H groups in total. The van der Waals surface area contributed by atoms with Crippen molar-refractivity contribution in [3.63, 3.8) is 0 Å². The third-order valence-electron chi connectivity index (χ3n) is 7.39. The molecule has 188 valence electrons. The number of carbonyl (C=O) groups is 1. The standard InChI is InChI=1S/C23H22ClF3N2O5S/c24-11-1-2-16-14(3-11)15(30)6-17(33-16)19(31)29-22-8-21(9-22,10-22)18-7-35-20(28-18)32-12-4-13(5-12)34-23(25,26)27/h1-3,7,12-13,15,17,30H,4-6,8-10H2,(H,29,31)/t12?,13?,15-,17-,21?,22?/m1/s1. The van der Waals surface area contributed by atoms with E-state index in [-0.39, 0.29) is 42.2 Å². The van der Waals surface area contributed by atoms with Gasteiger partial charge in [0.25, 0.3) is 11.1 Å². The van der Waals surface area contributed by atoms with Crippen LogP contribution in [-0.2, 0) is 14.9 Å². The van der Waals surface area contributed by atoms with E-state index in [1.165, 1.54) is 11.3 Å². The largest absolute Gasteiger partial charge is 0.522 e.